The molecule has 0 radical (unpaired) electrons. The maximum atomic E-state index is 13.1. The standard InChI is InChI=1S/C32H31N5O8/c33-25-16-24-29(31(42)36-25)22(17-34-24)11-8-19-6-9-21(10-7-19)30(41)35-23(32(43)44-18-20-4-2-1-3-5-20)12-15-28(40)45-37-26(38)13-14-27(37)39/h1-7,9-10,16-17,23,34H,8,11-15,18H2,(H,35,41)(H3,33,36,42)/t23-/m0/s1. The van der Waals surface area contributed by atoms with Crippen molar-refractivity contribution >= 4 is 46.4 Å². The molecule has 3 heterocycles. The number of fused-ring (bicyclic) bond motifs is 1. The molecule has 13 heteroatoms. The first-order valence-electron chi connectivity index (χ1n) is 14.3. The molecule has 3 amide bonds. The maximum absolute atomic E-state index is 13.1. The summed E-state index contributed by atoms with van der Waals surface area (Å²) in [6.45, 7) is -0.0440. The van der Waals surface area contributed by atoms with E-state index in [0.717, 1.165) is 16.7 Å². The molecule has 0 saturated carbocycles. The van der Waals surface area contributed by atoms with Crippen LogP contribution >= 0.6 is 0 Å². The summed E-state index contributed by atoms with van der Waals surface area (Å²) in [5, 5.41) is 3.60. The summed E-state index contributed by atoms with van der Waals surface area (Å²) in [7, 11) is 0. The number of benzene rings is 2. The van der Waals surface area contributed by atoms with Gasteiger partial charge in [-0.05, 0) is 48.1 Å². The number of imide groups is 1. The van der Waals surface area contributed by atoms with Gasteiger partial charge in [0.15, 0.2) is 0 Å². The van der Waals surface area contributed by atoms with Crippen LogP contribution < -0.4 is 16.6 Å². The monoisotopic (exact) mass is 613 g/mol. The first-order chi connectivity index (χ1) is 21.7. The molecule has 4 aromatic rings. The molecule has 0 aliphatic carbocycles. The Morgan fingerprint density at radius 1 is 0.933 bits per heavy atom. The van der Waals surface area contributed by atoms with Crippen LogP contribution in [0, 0.1) is 0 Å². The fourth-order valence-corrected chi connectivity index (χ4v) is 4.94. The molecule has 2 aromatic heterocycles. The highest BCUT2D eigenvalue weighted by molar-refractivity contribution is 6.01. The van der Waals surface area contributed by atoms with Gasteiger partial charge in [0.25, 0.3) is 23.3 Å². The van der Waals surface area contributed by atoms with Gasteiger partial charge >= 0.3 is 11.9 Å². The minimum Gasteiger partial charge on any atom is -0.459 e. The van der Waals surface area contributed by atoms with Crippen LogP contribution in [0.2, 0.25) is 0 Å². The number of hydrogen-bond donors (Lipinski definition) is 4. The Labute approximate surface area is 256 Å². The van der Waals surface area contributed by atoms with Crippen LogP contribution in [0.1, 0.15) is 52.7 Å². The molecule has 5 rings (SSSR count). The number of nitrogens with zero attached hydrogens (tertiary/aromatic N) is 1. The van der Waals surface area contributed by atoms with E-state index >= 15 is 0 Å². The van der Waals surface area contributed by atoms with Crippen molar-refractivity contribution in [1.29, 1.82) is 0 Å². The number of nitrogen functional groups attached to an aromatic ring is 1. The minimum absolute atomic E-state index is 0.0440. The number of aromatic nitrogens is 2. The van der Waals surface area contributed by atoms with Crippen molar-refractivity contribution in [1.82, 2.24) is 20.3 Å². The summed E-state index contributed by atoms with van der Waals surface area (Å²) in [5.74, 6) is -3.20. The maximum Gasteiger partial charge on any atom is 0.333 e. The minimum atomic E-state index is -1.22. The van der Waals surface area contributed by atoms with E-state index in [9.17, 15) is 28.8 Å². The third-order valence-electron chi connectivity index (χ3n) is 7.33. The van der Waals surface area contributed by atoms with Crippen LogP contribution in [0.5, 0.6) is 0 Å². The summed E-state index contributed by atoms with van der Waals surface area (Å²) in [4.78, 5) is 84.9. The normalized spacial score (nSPS) is 13.6. The van der Waals surface area contributed by atoms with Crippen molar-refractivity contribution in [2.75, 3.05) is 5.73 Å². The number of esters is 1. The number of aromatic amines is 2. The summed E-state index contributed by atoms with van der Waals surface area (Å²) in [6, 6.07) is 16.2. The first-order valence-corrected chi connectivity index (χ1v) is 14.3. The molecule has 2 aromatic carbocycles. The Bertz CT molecular complexity index is 1780. The molecule has 0 spiro atoms. The Morgan fingerprint density at radius 2 is 1.64 bits per heavy atom. The topological polar surface area (TPSA) is 194 Å². The van der Waals surface area contributed by atoms with Gasteiger partial charge in [-0.1, -0.05) is 42.5 Å². The van der Waals surface area contributed by atoms with Gasteiger partial charge in [0.2, 0.25) is 0 Å². The second-order valence-corrected chi connectivity index (χ2v) is 10.6. The molecule has 1 aliphatic rings. The lowest BCUT2D eigenvalue weighted by atomic mass is 10.0. The molecule has 0 bridgehead atoms. The van der Waals surface area contributed by atoms with Crippen LogP contribution in [-0.4, -0.2) is 50.7 Å². The molecule has 13 nitrogen and oxygen atoms in total. The summed E-state index contributed by atoms with van der Waals surface area (Å²) >= 11 is 0. The van der Waals surface area contributed by atoms with Crippen LogP contribution in [0.25, 0.3) is 10.9 Å². The summed E-state index contributed by atoms with van der Waals surface area (Å²) in [5.41, 5.74) is 8.86. The second kappa shape index (κ2) is 13.7. The van der Waals surface area contributed by atoms with Gasteiger partial charge in [-0.25, -0.2) is 9.59 Å². The van der Waals surface area contributed by atoms with Gasteiger partial charge in [0, 0.05) is 30.7 Å². The number of nitrogens with two attached hydrogens (primary N) is 1. The van der Waals surface area contributed by atoms with Crippen molar-refractivity contribution < 1.29 is 33.5 Å². The fraction of sp³-hybridized carbons (Fsp3) is 0.250. The van der Waals surface area contributed by atoms with E-state index in [2.05, 4.69) is 15.3 Å². The third-order valence-corrected chi connectivity index (χ3v) is 7.33. The van der Waals surface area contributed by atoms with Crippen molar-refractivity contribution in [3.05, 3.63) is 99.5 Å². The Kier molecular flexibility index (Phi) is 9.37. The first kappa shape index (κ1) is 30.7. The molecule has 5 N–H and O–H groups in total. The van der Waals surface area contributed by atoms with E-state index in [1.165, 1.54) is 0 Å². The van der Waals surface area contributed by atoms with Crippen molar-refractivity contribution in [3.63, 3.8) is 0 Å². The van der Waals surface area contributed by atoms with Gasteiger partial charge in [-0.3, -0.25) is 19.2 Å². The van der Waals surface area contributed by atoms with Crippen molar-refractivity contribution in [3.8, 4) is 0 Å². The molecule has 45 heavy (non-hydrogen) atoms. The number of carbonyl (C=O) groups is 5. The van der Waals surface area contributed by atoms with Gasteiger partial charge in [0.1, 0.15) is 18.5 Å². The lowest BCUT2D eigenvalue weighted by Crippen LogP contribution is -2.42. The zero-order valence-corrected chi connectivity index (χ0v) is 24.2. The van der Waals surface area contributed by atoms with E-state index in [-0.39, 0.29) is 49.2 Å². The highest BCUT2D eigenvalue weighted by Crippen LogP contribution is 2.18. The number of hydroxylamine groups is 2. The average molecular weight is 614 g/mol. The molecule has 1 saturated heterocycles. The average Bonchev–Trinajstić information content (AvgIpc) is 3.59. The number of amides is 3. The smallest absolute Gasteiger partial charge is 0.333 e. The molecule has 232 valence electrons. The molecular formula is C32H31N5O8. The number of ether oxygens (including phenoxy) is 1. The van der Waals surface area contributed by atoms with Gasteiger partial charge in [0.05, 0.1) is 17.3 Å². The van der Waals surface area contributed by atoms with Crippen molar-refractivity contribution in [2.45, 2.75) is 51.2 Å². The largest absolute Gasteiger partial charge is 0.459 e. The lowest BCUT2D eigenvalue weighted by molar-refractivity contribution is -0.197. The SMILES string of the molecule is Nc1cc2[nH]cc(CCc3ccc(C(=O)N[C@@H](CCC(=O)ON4C(=O)CCC4=O)C(=O)OCc4ccccc4)cc3)c2c(=O)[nH]1. The zero-order chi connectivity index (χ0) is 31.9. The van der Waals surface area contributed by atoms with E-state index in [1.54, 1.807) is 60.8 Å². The highest BCUT2D eigenvalue weighted by atomic mass is 16.7. The zero-order valence-electron chi connectivity index (χ0n) is 24.2. The fourth-order valence-electron chi connectivity index (χ4n) is 4.94. The number of anilines is 1. The summed E-state index contributed by atoms with van der Waals surface area (Å²) in [6.07, 6.45) is 2.28. The van der Waals surface area contributed by atoms with Gasteiger partial charge < -0.3 is 30.6 Å². The van der Waals surface area contributed by atoms with E-state index in [1.807, 2.05) is 6.07 Å². The number of rotatable bonds is 12. The molecule has 1 fully saturated rings. The number of nitrogens with one attached hydrogen (secondary N) is 3. The predicted molar refractivity (Wildman–Crippen MR) is 161 cm³/mol. The molecule has 1 atom stereocenters. The van der Waals surface area contributed by atoms with Crippen LogP contribution in [0.4, 0.5) is 5.82 Å². The summed E-state index contributed by atoms with van der Waals surface area (Å²) < 4.78 is 5.40. The van der Waals surface area contributed by atoms with Crippen LogP contribution in [0.15, 0.2) is 71.7 Å². The van der Waals surface area contributed by atoms with E-state index in [4.69, 9.17) is 15.3 Å². The highest BCUT2D eigenvalue weighted by Gasteiger charge is 2.33. The number of pyridine rings is 1. The number of hydrogen-bond acceptors (Lipinski definition) is 9. The third kappa shape index (κ3) is 7.63. The van der Waals surface area contributed by atoms with Crippen molar-refractivity contribution in [2.24, 2.45) is 0 Å². The quantitative estimate of drug-likeness (QED) is 0.137. The lowest BCUT2D eigenvalue weighted by Gasteiger charge is -2.18. The number of carbonyl (C=O) groups excluding carboxylic acids is 5. The van der Waals surface area contributed by atoms with Gasteiger partial charge in [-0.2, -0.15) is 0 Å². The van der Waals surface area contributed by atoms with E-state index < -0.39 is 35.7 Å². The number of aryl methyl sites for hydroxylation is 2. The van der Waals surface area contributed by atoms with Gasteiger partial charge in [-0.15, -0.1) is 5.06 Å². The second-order valence-electron chi connectivity index (χ2n) is 10.6. The molecule has 1 aliphatic heterocycles. The Hall–Kier alpha value is -5.72. The van der Waals surface area contributed by atoms with E-state index in [0.29, 0.717) is 28.8 Å². The number of H-pyrrole nitrogens is 2. The molecule has 0 unspecified atom stereocenters. The molecular weight excluding hydrogens is 582 g/mol. The predicted octanol–water partition coefficient (Wildman–Crippen LogP) is 2.45. The van der Waals surface area contributed by atoms with Crippen LogP contribution in [-0.2, 0) is 48.2 Å². The van der Waals surface area contributed by atoms with Crippen LogP contribution in [0.3, 0.4) is 0 Å². The Balaban J connectivity index is 1.21. The Morgan fingerprint density at radius 3 is 2.36 bits per heavy atom.